The van der Waals surface area contributed by atoms with Gasteiger partial charge in [0.15, 0.2) is 0 Å². The minimum absolute atomic E-state index is 0.665. The van der Waals surface area contributed by atoms with Gasteiger partial charge in [-0.1, -0.05) is 28.1 Å². The van der Waals surface area contributed by atoms with Gasteiger partial charge in [0.2, 0.25) is 0 Å². The first-order valence-corrected chi connectivity index (χ1v) is 7.61. The van der Waals surface area contributed by atoms with E-state index in [0.717, 1.165) is 32.4 Å². The van der Waals surface area contributed by atoms with E-state index in [4.69, 9.17) is 10.5 Å². The topological polar surface area (TPSA) is 35.2 Å². The van der Waals surface area contributed by atoms with Crippen LogP contribution < -0.4 is 10.5 Å². The third-order valence-electron chi connectivity index (χ3n) is 2.79. The smallest absolute Gasteiger partial charge is 0.141 e. The minimum atomic E-state index is 0.665. The molecule has 2 aromatic rings. The molecule has 0 fully saturated rings. The lowest BCUT2D eigenvalue weighted by Crippen LogP contribution is -2.02. The van der Waals surface area contributed by atoms with Crippen molar-refractivity contribution >= 4 is 31.9 Å². The summed E-state index contributed by atoms with van der Waals surface area (Å²) >= 11 is 6.92. The van der Waals surface area contributed by atoms with Gasteiger partial charge in [-0.25, -0.2) is 0 Å². The second-order valence-electron chi connectivity index (χ2n) is 4.32. The van der Waals surface area contributed by atoms with Gasteiger partial charge in [-0.2, -0.15) is 0 Å². The number of hydrogen-bond donors (Lipinski definition) is 1. The molecule has 0 aromatic heterocycles. The van der Waals surface area contributed by atoms with Gasteiger partial charge in [0.05, 0.1) is 4.47 Å². The van der Waals surface area contributed by atoms with Gasteiger partial charge in [0.25, 0.3) is 0 Å². The molecule has 0 aliphatic heterocycles. The van der Waals surface area contributed by atoms with E-state index in [1.54, 1.807) is 0 Å². The van der Waals surface area contributed by atoms with Crippen LogP contribution in [0, 0.1) is 6.92 Å². The Morgan fingerprint density at radius 1 is 1.05 bits per heavy atom. The molecule has 19 heavy (non-hydrogen) atoms. The van der Waals surface area contributed by atoms with Gasteiger partial charge in [-0.15, -0.1) is 0 Å². The Labute approximate surface area is 130 Å². The van der Waals surface area contributed by atoms with Crippen molar-refractivity contribution in [3.63, 3.8) is 0 Å². The van der Waals surface area contributed by atoms with Crippen LogP contribution in [0.5, 0.6) is 11.5 Å². The Morgan fingerprint density at radius 3 is 2.42 bits per heavy atom. The highest BCUT2D eigenvalue weighted by Crippen LogP contribution is 2.33. The maximum absolute atomic E-state index is 5.93. The molecule has 0 atom stereocenters. The van der Waals surface area contributed by atoms with E-state index in [-0.39, 0.29) is 0 Å². The molecule has 0 bridgehead atoms. The molecule has 0 heterocycles. The van der Waals surface area contributed by atoms with Crippen molar-refractivity contribution in [2.45, 2.75) is 13.3 Å². The summed E-state index contributed by atoms with van der Waals surface area (Å²) in [6.45, 7) is 2.71. The Morgan fingerprint density at radius 2 is 1.79 bits per heavy atom. The Hall–Kier alpha value is -0.840. The Kier molecular flexibility index (Phi) is 5.02. The first-order chi connectivity index (χ1) is 9.10. The fraction of sp³-hybridized carbons (Fsp3) is 0.200. The summed E-state index contributed by atoms with van der Waals surface area (Å²) in [5, 5.41) is 0. The van der Waals surface area contributed by atoms with Crippen LogP contribution >= 0.6 is 31.9 Å². The molecule has 0 saturated heterocycles. The maximum atomic E-state index is 5.93. The van der Waals surface area contributed by atoms with Crippen molar-refractivity contribution in [1.82, 2.24) is 0 Å². The van der Waals surface area contributed by atoms with E-state index in [0.29, 0.717) is 6.54 Å². The average molecular weight is 385 g/mol. The monoisotopic (exact) mass is 383 g/mol. The lowest BCUT2D eigenvalue weighted by molar-refractivity contribution is 0.475. The van der Waals surface area contributed by atoms with E-state index < -0.39 is 0 Å². The summed E-state index contributed by atoms with van der Waals surface area (Å²) in [5.41, 5.74) is 7.91. The van der Waals surface area contributed by atoms with E-state index in [2.05, 4.69) is 44.0 Å². The summed E-state index contributed by atoms with van der Waals surface area (Å²) in [5.74, 6) is 1.67. The third-order valence-corrected chi connectivity index (χ3v) is 3.90. The second kappa shape index (κ2) is 6.55. The molecule has 100 valence electrons. The molecule has 0 spiro atoms. The van der Waals surface area contributed by atoms with Crippen LogP contribution in [0.4, 0.5) is 0 Å². The van der Waals surface area contributed by atoms with Crippen LogP contribution in [-0.4, -0.2) is 6.54 Å². The van der Waals surface area contributed by atoms with Crippen molar-refractivity contribution in [2.75, 3.05) is 6.54 Å². The number of aryl methyl sites for hydroxylation is 1. The number of rotatable bonds is 4. The van der Waals surface area contributed by atoms with Crippen LogP contribution in [0.25, 0.3) is 0 Å². The van der Waals surface area contributed by atoms with E-state index >= 15 is 0 Å². The first-order valence-electron chi connectivity index (χ1n) is 6.02. The van der Waals surface area contributed by atoms with Crippen LogP contribution in [0.15, 0.2) is 45.3 Å². The summed E-state index contributed by atoms with van der Waals surface area (Å²) in [6.07, 6.45) is 0.892. The second-order valence-corrected chi connectivity index (χ2v) is 6.09. The average Bonchev–Trinajstić information content (AvgIpc) is 2.36. The summed E-state index contributed by atoms with van der Waals surface area (Å²) in [6, 6.07) is 12.0. The van der Waals surface area contributed by atoms with Crippen molar-refractivity contribution in [3.8, 4) is 11.5 Å². The summed E-state index contributed by atoms with van der Waals surface area (Å²) in [4.78, 5) is 0. The highest BCUT2D eigenvalue weighted by Gasteiger charge is 2.06. The molecule has 2 aromatic carbocycles. The zero-order chi connectivity index (χ0) is 13.8. The molecule has 0 aliphatic carbocycles. The fourth-order valence-corrected chi connectivity index (χ4v) is 2.95. The highest BCUT2D eigenvalue weighted by molar-refractivity contribution is 9.11. The highest BCUT2D eigenvalue weighted by atomic mass is 79.9. The predicted molar refractivity (Wildman–Crippen MR) is 85.9 cm³/mol. The molecule has 4 heteroatoms. The molecular weight excluding hydrogens is 370 g/mol. The van der Waals surface area contributed by atoms with Gasteiger partial charge in [-0.05, 0) is 71.2 Å². The normalized spacial score (nSPS) is 10.5. The fourth-order valence-electron chi connectivity index (χ4n) is 1.82. The first kappa shape index (κ1) is 14.6. The van der Waals surface area contributed by atoms with E-state index in [1.807, 2.05) is 31.2 Å². The maximum Gasteiger partial charge on any atom is 0.141 e. The quantitative estimate of drug-likeness (QED) is 0.820. The molecule has 0 aliphatic rings. The minimum Gasteiger partial charge on any atom is -0.456 e. The Balaban J connectivity index is 2.23. The molecule has 0 unspecified atom stereocenters. The third kappa shape index (κ3) is 3.81. The standard InChI is InChI=1S/C15H15Br2NO/c1-10-8-11(6-7-18)2-4-14(10)19-15-5-3-12(16)9-13(15)17/h2-5,8-9H,6-7,18H2,1H3. The summed E-state index contributed by atoms with van der Waals surface area (Å²) < 4.78 is 7.87. The molecule has 2 N–H and O–H groups in total. The van der Waals surface area contributed by atoms with Gasteiger partial charge in [-0.3, -0.25) is 0 Å². The molecule has 0 saturated carbocycles. The van der Waals surface area contributed by atoms with Gasteiger partial charge < -0.3 is 10.5 Å². The van der Waals surface area contributed by atoms with Crippen LogP contribution in [0.2, 0.25) is 0 Å². The van der Waals surface area contributed by atoms with Crippen LogP contribution in [0.1, 0.15) is 11.1 Å². The Bertz CT molecular complexity index is 584. The van der Waals surface area contributed by atoms with E-state index in [1.165, 1.54) is 5.56 Å². The molecule has 0 radical (unpaired) electrons. The lowest BCUT2D eigenvalue weighted by Gasteiger charge is -2.11. The number of nitrogens with two attached hydrogens (primary N) is 1. The SMILES string of the molecule is Cc1cc(CCN)ccc1Oc1ccc(Br)cc1Br. The molecular formula is C15H15Br2NO. The lowest BCUT2D eigenvalue weighted by atomic mass is 10.1. The number of benzene rings is 2. The number of ether oxygens (including phenoxy) is 1. The molecule has 2 rings (SSSR count). The zero-order valence-corrected chi connectivity index (χ0v) is 13.8. The van der Waals surface area contributed by atoms with Crippen molar-refractivity contribution in [1.29, 1.82) is 0 Å². The zero-order valence-electron chi connectivity index (χ0n) is 10.6. The largest absolute Gasteiger partial charge is 0.456 e. The van der Waals surface area contributed by atoms with Crippen LogP contribution in [0.3, 0.4) is 0 Å². The van der Waals surface area contributed by atoms with Gasteiger partial charge >= 0.3 is 0 Å². The van der Waals surface area contributed by atoms with Gasteiger partial charge in [0, 0.05) is 4.47 Å². The molecule has 0 amide bonds. The summed E-state index contributed by atoms with van der Waals surface area (Å²) in [7, 11) is 0. The van der Waals surface area contributed by atoms with Gasteiger partial charge in [0.1, 0.15) is 11.5 Å². The molecule has 2 nitrogen and oxygen atoms in total. The number of hydrogen-bond acceptors (Lipinski definition) is 2. The van der Waals surface area contributed by atoms with Crippen molar-refractivity contribution < 1.29 is 4.74 Å². The van der Waals surface area contributed by atoms with E-state index in [9.17, 15) is 0 Å². The van der Waals surface area contributed by atoms with Crippen molar-refractivity contribution in [3.05, 3.63) is 56.5 Å². The number of halogens is 2. The van der Waals surface area contributed by atoms with Crippen LogP contribution in [-0.2, 0) is 6.42 Å². The predicted octanol–water partition coefficient (Wildman–Crippen LogP) is 4.81. The van der Waals surface area contributed by atoms with Crippen molar-refractivity contribution in [2.24, 2.45) is 5.73 Å².